The lowest BCUT2D eigenvalue weighted by molar-refractivity contribution is 0.849. The van der Waals surface area contributed by atoms with Gasteiger partial charge in [-0.1, -0.05) is 11.6 Å². The molecule has 13 heavy (non-hydrogen) atoms. The van der Waals surface area contributed by atoms with Gasteiger partial charge in [0, 0.05) is 13.1 Å². The maximum absolute atomic E-state index is 11.1. The molecule has 0 aliphatic rings. The minimum Gasteiger partial charge on any atom is -0.369 e. The molecule has 0 spiro atoms. The van der Waals surface area contributed by atoms with E-state index in [1.165, 1.54) is 0 Å². The van der Waals surface area contributed by atoms with Gasteiger partial charge < -0.3 is 4.90 Å². The SMILES string of the molecule is CCN(CC)c1cn[nH]c(=O)c1Cl. The lowest BCUT2D eigenvalue weighted by Gasteiger charge is -2.20. The van der Waals surface area contributed by atoms with Crippen LogP contribution in [0.5, 0.6) is 0 Å². The van der Waals surface area contributed by atoms with Crippen molar-refractivity contribution in [3.8, 4) is 0 Å². The molecule has 1 heterocycles. The van der Waals surface area contributed by atoms with E-state index < -0.39 is 0 Å². The molecule has 0 atom stereocenters. The Hall–Kier alpha value is -1.03. The number of halogens is 1. The Bertz CT molecular complexity index is 332. The van der Waals surface area contributed by atoms with Crippen LogP contribution in [0.15, 0.2) is 11.0 Å². The van der Waals surface area contributed by atoms with Gasteiger partial charge in [0.25, 0.3) is 5.56 Å². The number of nitrogens with one attached hydrogen (secondary N) is 1. The number of anilines is 1. The standard InChI is InChI=1S/C8H12ClN3O/c1-3-12(4-2)6-5-10-11-8(13)7(6)9/h5H,3-4H2,1-2H3,(H,11,13). The normalized spacial score (nSPS) is 10.1. The summed E-state index contributed by atoms with van der Waals surface area (Å²) in [6.07, 6.45) is 1.57. The molecule has 1 rings (SSSR count). The number of hydrogen-bond donors (Lipinski definition) is 1. The zero-order chi connectivity index (χ0) is 9.84. The molecule has 0 amide bonds. The van der Waals surface area contributed by atoms with E-state index in [0.717, 1.165) is 13.1 Å². The number of rotatable bonds is 3. The van der Waals surface area contributed by atoms with Gasteiger partial charge in [-0.15, -0.1) is 0 Å². The second-order valence-electron chi connectivity index (χ2n) is 2.57. The monoisotopic (exact) mass is 201 g/mol. The van der Waals surface area contributed by atoms with Crippen LogP contribution in [0, 0.1) is 0 Å². The summed E-state index contributed by atoms with van der Waals surface area (Å²) < 4.78 is 0. The van der Waals surface area contributed by atoms with E-state index >= 15 is 0 Å². The fraction of sp³-hybridized carbons (Fsp3) is 0.500. The molecule has 0 saturated heterocycles. The van der Waals surface area contributed by atoms with E-state index in [1.54, 1.807) is 6.20 Å². The van der Waals surface area contributed by atoms with Crippen LogP contribution in [-0.2, 0) is 0 Å². The van der Waals surface area contributed by atoms with Crippen LogP contribution >= 0.6 is 11.6 Å². The predicted octanol–water partition coefficient (Wildman–Crippen LogP) is 1.27. The minimum absolute atomic E-state index is 0.207. The predicted molar refractivity (Wildman–Crippen MR) is 53.4 cm³/mol. The van der Waals surface area contributed by atoms with Gasteiger partial charge in [0.2, 0.25) is 0 Å². The van der Waals surface area contributed by atoms with E-state index in [4.69, 9.17) is 11.6 Å². The van der Waals surface area contributed by atoms with Gasteiger partial charge in [0.1, 0.15) is 5.02 Å². The van der Waals surface area contributed by atoms with Crippen molar-refractivity contribution in [3.05, 3.63) is 21.6 Å². The molecule has 1 aromatic rings. The highest BCUT2D eigenvalue weighted by atomic mass is 35.5. The van der Waals surface area contributed by atoms with Crippen LogP contribution < -0.4 is 10.5 Å². The van der Waals surface area contributed by atoms with Gasteiger partial charge in [-0.05, 0) is 13.8 Å². The maximum Gasteiger partial charge on any atom is 0.285 e. The number of hydrogen-bond acceptors (Lipinski definition) is 3. The fourth-order valence-electron chi connectivity index (χ4n) is 1.16. The summed E-state index contributed by atoms with van der Waals surface area (Å²) >= 11 is 5.82. The van der Waals surface area contributed by atoms with Gasteiger partial charge in [0.05, 0.1) is 11.9 Å². The summed E-state index contributed by atoms with van der Waals surface area (Å²) in [5.74, 6) is 0. The van der Waals surface area contributed by atoms with Gasteiger partial charge in [-0.25, -0.2) is 5.10 Å². The number of aromatic nitrogens is 2. The largest absolute Gasteiger partial charge is 0.369 e. The van der Waals surface area contributed by atoms with Crippen molar-refractivity contribution in [2.24, 2.45) is 0 Å². The molecule has 0 bridgehead atoms. The summed E-state index contributed by atoms with van der Waals surface area (Å²) in [6, 6.07) is 0. The van der Waals surface area contributed by atoms with E-state index in [0.29, 0.717) is 5.69 Å². The molecule has 0 fully saturated rings. The highest BCUT2D eigenvalue weighted by Crippen LogP contribution is 2.19. The van der Waals surface area contributed by atoms with E-state index in [2.05, 4.69) is 10.2 Å². The Morgan fingerprint density at radius 3 is 2.69 bits per heavy atom. The van der Waals surface area contributed by atoms with Crippen molar-refractivity contribution in [3.63, 3.8) is 0 Å². The number of aromatic amines is 1. The fourth-order valence-corrected chi connectivity index (χ4v) is 1.37. The van der Waals surface area contributed by atoms with Crippen LogP contribution in [0.1, 0.15) is 13.8 Å². The van der Waals surface area contributed by atoms with Crippen LogP contribution in [0.3, 0.4) is 0 Å². The van der Waals surface area contributed by atoms with Crippen LogP contribution in [-0.4, -0.2) is 23.3 Å². The molecule has 0 aliphatic carbocycles. The summed E-state index contributed by atoms with van der Waals surface area (Å²) in [6.45, 7) is 5.62. The smallest absolute Gasteiger partial charge is 0.285 e. The zero-order valence-electron chi connectivity index (χ0n) is 7.67. The van der Waals surface area contributed by atoms with Crippen molar-refractivity contribution >= 4 is 17.3 Å². The lowest BCUT2D eigenvalue weighted by atomic mass is 10.4. The zero-order valence-corrected chi connectivity index (χ0v) is 8.43. The van der Waals surface area contributed by atoms with Crippen molar-refractivity contribution in [2.75, 3.05) is 18.0 Å². The highest BCUT2D eigenvalue weighted by Gasteiger charge is 2.09. The van der Waals surface area contributed by atoms with Crippen molar-refractivity contribution in [1.29, 1.82) is 0 Å². The molecule has 72 valence electrons. The minimum atomic E-state index is -0.342. The summed E-state index contributed by atoms with van der Waals surface area (Å²) in [5, 5.41) is 6.18. The molecule has 4 nitrogen and oxygen atoms in total. The van der Waals surface area contributed by atoms with Gasteiger partial charge in [-0.2, -0.15) is 5.10 Å². The topological polar surface area (TPSA) is 49.0 Å². The molecule has 0 unspecified atom stereocenters. The molecule has 0 aliphatic heterocycles. The van der Waals surface area contributed by atoms with Crippen molar-refractivity contribution in [1.82, 2.24) is 10.2 Å². The molecular weight excluding hydrogens is 190 g/mol. The Labute approximate surface area is 81.5 Å². The van der Waals surface area contributed by atoms with E-state index in [9.17, 15) is 4.79 Å². The van der Waals surface area contributed by atoms with Crippen LogP contribution in [0.2, 0.25) is 5.02 Å². The molecule has 0 aromatic carbocycles. The molecular formula is C8H12ClN3O. The molecule has 5 heteroatoms. The van der Waals surface area contributed by atoms with Gasteiger partial charge >= 0.3 is 0 Å². The Morgan fingerprint density at radius 2 is 2.15 bits per heavy atom. The second-order valence-corrected chi connectivity index (χ2v) is 2.95. The molecule has 1 aromatic heterocycles. The summed E-state index contributed by atoms with van der Waals surface area (Å²) in [7, 11) is 0. The first kappa shape index (κ1) is 10.1. The average molecular weight is 202 g/mol. The van der Waals surface area contributed by atoms with Gasteiger partial charge in [0.15, 0.2) is 0 Å². The summed E-state index contributed by atoms with van der Waals surface area (Å²) in [4.78, 5) is 13.1. The second kappa shape index (κ2) is 4.28. The molecule has 1 N–H and O–H groups in total. The van der Waals surface area contributed by atoms with E-state index in [1.807, 2.05) is 18.7 Å². The van der Waals surface area contributed by atoms with Crippen molar-refractivity contribution < 1.29 is 0 Å². The molecule has 0 radical (unpaired) electrons. The van der Waals surface area contributed by atoms with Gasteiger partial charge in [-0.3, -0.25) is 4.79 Å². The Morgan fingerprint density at radius 1 is 1.54 bits per heavy atom. The average Bonchev–Trinajstić information content (AvgIpc) is 2.14. The maximum atomic E-state index is 11.1. The first-order valence-corrected chi connectivity index (χ1v) is 4.56. The van der Waals surface area contributed by atoms with Crippen LogP contribution in [0.25, 0.3) is 0 Å². The number of nitrogens with zero attached hydrogens (tertiary/aromatic N) is 2. The first-order valence-electron chi connectivity index (χ1n) is 4.18. The Balaban J connectivity index is 3.13. The van der Waals surface area contributed by atoms with E-state index in [-0.39, 0.29) is 10.6 Å². The lowest BCUT2D eigenvalue weighted by Crippen LogP contribution is -2.25. The first-order chi connectivity index (χ1) is 6.20. The summed E-state index contributed by atoms with van der Waals surface area (Å²) in [5.41, 5.74) is 0.349. The third kappa shape index (κ3) is 2.01. The van der Waals surface area contributed by atoms with Crippen LogP contribution in [0.4, 0.5) is 5.69 Å². The third-order valence-electron chi connectivity index (χ3n) is 1.88. The van der Waals surface area contributed by atoms with Crippen molar-refractivity contribution in [2.45, 2.75) is 13.8 Å². The highest BCUT2D eigenvalue weighted by molar-refractivity contribution is 6.32. The molecule has 0 saturated carbocycles. The number of H-pyrrole nitrogens is 1. The quantitative estimate of drug-likeness (QED) is 0.802. The third-order valence-corrected chi connectivity index (χ3v) is 2.25. The Kier molecular flexibility index (Phi) is 3.31.